The highest BCUT2D eigenvalue weighted by molar-refractivity contribution is 5.84. The number of likely N-dealkylation sites (tertiary alicyclic amines) is 1. The van der Waals surface area contributed by atoms with E-state index in [2.05, 4.69) is 44.3 Å². The van der Waals surface area contributed by atoms with E-state index in [1.54, 1.807) is 29.5 Å². The number of carbonyl (C=O) groups is 1. The average molecular weight is 390 g/mol. The van der Waals surface area contributed by atoms with E-state index in [0.29, 0.717) is 18.9 Å². The van der Waals surface area contributed by atoms with Gasteiger partial charge >= 0.3 is 0 Å². The van der Waals surface area contributed by atoms with Crippen LogP contribution in [-0.4, -0.2) is 48.4 Å². The predicted octanol–water partition coefficient (Wildman–Crippen LogP) is 3.14. The molecule has 1 atom stereocenters. The van der Waals surface area contributed by atoms with Gasteiger partial charge < -0.3 is 13.9 Å². The molecule has 0 N–H and O–H groups in total. The van der Waals surface area contributed by atoms with Crippen LogP contribution < -0.4 is 0 Å². The Morgan fingerprint density at radius 1 is 1.21 bits per heavy atom. The van der Waals surface area contributed by atoms with E-state index in [9.17, 15) is 4.79 Å². The second kappa shape index (κ2) is 7.54. The summed E-state index contributed by atoms with van der Waals surface area (Å²) in [6.07, 6.45) is 11.3. The van der Waals surface area contributed by atoms with Crippen molar-refractivity contribution in [3.05, 3.63) is 55.3 Å². The van der Waals surface area contributed by atoms with Gasteiger partial charge in [0.25, 0.3) is 0 Å². The highest BCUT2D eigenvalue weighted by atomic mass is 16.3. The van der Waals surface area contributed by atoms with Gasteiger partial charge in [-0.3, -0.25) is 9.48 Å². The Labute approximate surface area is 167 Å². The molecule has 148 valence electrons. The van der Waals surface area contributed by atoms with Gasteiger partial charge in [0.05, 0.1) is 25.0 Å². The van der Waals surface area contributed by atoms with Crippen molar-refractivity contribution in [2.45, 2.75) is 31.8 Å². The van der Waals surface area contributed by atoms with Gasteiger partial charge in [-0.25, -0.2) is 4.98 Å². The number of piperidine rings is 1. The molecule has 8 nitrogen and oxygen atoms in total. The molecule has 0 spiro atoms. The number of aromatic nitrogens is 5. The van der Waals surface area contributed by atoms with Crippen molar-refractivity contribution in [3.8, 4) is 11.5 Å². The lowest BCUT2D eigenvalue weighted by atomic mass is 10.0. The van der Waals surface area contributed by atoms with Crippen LogP contribution in [0.25, 0.3) is 22.4 Å². The standard InChI is InChI=1S/C21H22N6O2/c28-20(6-10-26-12-7-23-24-26)25-9-1-2-18(15-25)27-11-5-16-14-17(3-4-19(16)27)21-22-8-13-29-21/h3-5,7-8,11-14,18H,1-2,6,9-10,15H2. The summed E-state index contributed by atoms with van der Waals surface area (Å²) in [4.78, 5) is 18.9. The molecule has 5 rings (SSSR count). The monoisotopic (exact) mass is 390 g/mol. The van der Waals surface area contributed by atoms with Gasteiger partial charge in [-0.1, -0.05) is 5.21 Å². The minimum Gasteiger partial charge on any atom is -0.445 e. The van der Waals surface area contributed by atoms with Crippen LogP contribution in [0.5, 0.6) is 0 Å². The molecule has 1 unspecified atom stereocenters. The van der Waals surface area contributed by atoms with Gasteiger partial charge in [0, 0.05) is 48.4 Å². The zero-order valence-corrected chi connectivity index (χ0v) is 16.0. The number of nitrogens with zero attached hydrogens (tertiary/aromatic N) is 6. The quantitative estimate of drug-likeness (QED) is 0.523. The summed E-state index contributed by atoms with van der Waals surface area (Å²) < 4.78 is 9.41. The third kappa shape index (κ3) is 3.53. The normalized spacial score (nSPS) is 17.1. The van der Waals surface area contributed by atoms with E-state index < -0.39 is 0 Å². The second-order valence-electron chi connectivity index (χ2n) is 7.39. The smallest absolute Gasteiger partial charge is 0.225 e. The molecular weight excluding hydrogens is 368 g/mol. The maximum Gasteiger partial charge on any atom is 0.225 e. The fourth-order valence-corrected chi connectivity index (χ4v) is 4.11. The summed E-state index contributed by atoms with van der Waals surface area (Å²) in [6.45, 7) is 2.12. The summed E-state index contributed by atoms with van der Waals surface area (Å²) >= 11 is 0. The number of carbonyl (C=O) groups excluding carboxylic acids is 1. The van der Waals surface area contributed by atoms with Gasteiger partial charge in [-0.05, 0) is 37.1 Å². The Balaban J connectivity index is 1.31. The number of benzene rings is 1. The van der Waals surface area contributed by atoms with Crippen molar-refractivity contribution in [2.75, 3.05) is 13.1 Å². The molecular formula is C21H22N6O2. The SMILES string of the molecule is O=C(CCn1ccnn1)N1CCCC(n2ccc3cc(-c4ncco4)ccc32)C1. The highest BCUT2D eigenvalue weighted by Crippen LogP contribution is 2.30. The lowest BCUT2D eigenvalue weighted by Gasteiger charge is -2.34. The molecule has 8 heteroatoms. The zero-order chi connectivity index (χ0) is 19.6. The van der Waals surface area contributed by atoms with E-state index in [1.165, 1.54) is 5.52 Å². The number of aryl methyl sites for hydroxylation is 1. The van der Waals surface area contributed by atoms with Gasteiger partial charge in [0.1, 0.15) is 6.26 Å². The summed E-state index contributed by atoms with van der Waals surface area (Å²) in [5, 5.41) is 8.86. The van der Waals surface area contributed by atoms with Crippen LogP contribution in [0.4, 0.5) is 0 Å². The molecule has 1 amide bonds. The fraction of sp³-hybridized carbons (Fsp3) is 0.333. The third-order valence-electron chi connectivity index (χ3n) is 5.57. The van der Waals surface area contributed by atoms with Crippen LogP contribution in [0.3, 0.4) is 0 Å². The molecule has 1 saturated heterocycles. The molecule has 1 fully saturated rings. The molecule has 1 aliphatic heterocycles. The molecule has 0 aliphatic carbocycles. The first kappa shape index (κ1) is 17.7. The Hall–Kier alpha value is -3.42. The van der Waals surface area contributed by atoms with E-state index in [1.807, 2.05) is 11.0 Å². The van der Waals surface area contributed by atoms with Crippen LogP contribution in [0.2, 0.25) is 0 Å². The van der Waals surface area contributed by atoms with Gasteiger partial charge in [0.2, 0.25) is 11.8 Å². The molecule has 0 radical (unpaired) electrons. The first-order chi connectivity index (χ1) is 14.3. The van der Waals surface area contributed by atoms with Crippen LogP contribution in [-0.2, 0) is 11.3 Å². The minimum absolute atomic E-state index is 0.174. The Kier molecular flexibility index (Phi) is 4.59. The molecule has 4 heterocycles. The Bertz CT molecular complexity index is 1100. The van der Waals surface area contributed by atoms with Gasteiger partial charge in [-0.2, -0.15) is 0 Å². The van der Waals surface area contributed by atoms with Crippen molar-refractivity contribution in [3.63, 3.8) is 0 Å². The fourth-order valence-electron chi connectivity index (χ4n) is 4.11. The van der Waals surface area contributed by atoms with E-state index in [-0.39, 0.29) is 11.9 Å². The Morgan fingerprint density at radius 3 is 3.00 bits per heavy atom. The lowest BCUT2D eigenvalue weighted by Crippen LogP contribution is -2.40. The van der Waals surface area contributed by atoms with Crippen molar-refractivity contribution >= 4 is 16.8 Å². The van der Waals surface area contributed by atoms with Crippen LogP contribution in [0, 0.1) is 0 Å². The van der Waals surface area contributed by atoms with Gasteiger partial charge in [0.15, 0.2) is 0 Å². The van der Waals surface area contributed by atoms with Crippen molar-refractivity contribution < 1.29 is 9.21 Å². The minimum atomic E-state index is 0.174. The van der Waals surface area contributed by atoms with E-state index in [0.717, 1.165) is 36.9 Å². The molecule has 3 aromatic heterocycles. The average Bonchev–Trinajstić information content (AvgIpc) is 3.53. The molecule has 0 bridgehead atoms. The number of rotatable bonds is 5. The predicted molar refractivity (Wildman–Crippen MR) is 107 cm³/mol. The first-order valence-corrected chi connectivity index (χ1v) is 9.90. The summed E-state index contributed by atoms with van der Waals surface area (Å²) in [7, 11) is 0. The highest BCUT2D eigenvalue weighted by Gasteiger charge is 2.25. The number of hydrogen-bond donors (Lipinski definition) is 0. The molecule has 0 saturated carbocycles. The maximum absolute atomic E-state index is 12.7. The third-order valence-corrected chi connectivity index (χ3v) is 5.57. The van der Waals surface area contributed by atoms with E-state index in [4.69, 9.17) is 4.42 Å². The van der Waals surface area contributed by atoms with Crippen molar-refractivity contribution in [1.82, 2.24) is 29.4 Å². The summed E-state index contributed by atoms with van der Waals surface area (Å²) in [5.41, 5.74) is 2.14. The number of oxazole rings is 1. The zero-order valence-electron chi connectivity index (χ0n) is 16.0. The topological polar surface area (TPSA) is 82.0 Å². The lowest BCUT2D eigenvalue weighted by molar-refractivity contribution is -0.133. The maximum atomic E-state index is 12.7. The Morgan fingerprint density at radius 2 is 2.17 bits per heavy atom. The van der Waals surface area contributed by atoms with Crippen LogP contribution >= 0.6 is 0 Å². The van der Waals surface area contributed by atoms with Crippen molar-refractivity contribution in [2.24, 2.45) is 0 Å². The van der Waals surface area contributed by atoms with Crippen LogP contribution in [0.1, 0.15) is 25.3 Å². The molecule has 4 aromatic rings. The molecule has 29 heavy (non-hydrogen) atoms. The largest absolute Gasteiger partial charge is 0.445 e. The van der Waals surface area contributed by atoms with E-state index >= 15 is 0 Å². The van der Waals surface area contributed by atoms with Crippen molar-refractivity contribution in [1.29, 1.82) is 0 Å². The number of fused-ring (bicyclic) bond motifs is 1. The molecule has 1 aromatic carbocycles. The first-order valence-electron chi connectivity index (χ1n) is 9.90. The summed E-state index contributed by atoms with van der Waals surface area (Å²) in [5.74, 6) is 0.800. The number of hydrogen-bond acceptors (Lipinski definition) is 5. The van der Waals surface area contributed by atoms with Crippen LogP contribution in [0.15, 0.2) is 59.7 Å². The second-order valence-corrected chi connectivity index (χ2v) is 7.39. The summed E-state index contributed by atoms with van der Waals surface area (Å²) in [6, 6.07) is 8.65. The van der Waals surface area contributed by atoms with Gasteiger partial charge in [-0.15, -0.1) is 5.10 Å². The number of amides is 1. The molecule has 1 aliphatic rings.